The minimum absolute atomic E-state index is 0.148. The monoisotopic (exact) mass is 262 g/mol. The molecule has 0 spiro atoms. The fourth-order valence-electron chi connectivity index (χ4n) is 1.80. The first-order valence-corrected chi connectivity index (χ1v) is 6.79. The Morgan fingerprint density at radius 1 is 1.47 bits per heavy atom. The summed E-state index contributed by atoms with van der Waals surface area (Å²) < 4.78 is 0. The molecule has 2 unspecified atom stereocenters. The molecule has 4 N–H and O–H groups in total. The molecule has 0 aromatic rings. The smallest absolute Gasteiger partial charge is 0.334 e. The van der Waals surface area contributed by atoms with Crippen LogP contribution in [0.4, 0.5) is 4.79 Å². The van der Waals surface area contributed by atoms with Crippen molar-refractivity contribution in [1.82, 2.24) is 10.6 Å². The van der Waals surface area contributed by atoms with Crippen LogP contribution in [0.3, 0.4) is 0 Å². The number of rotatable bonds is 5. The van der Waals surface area contributed by atoms with Crippen LogP contribution in [0, 0.1) is 0 Å². The number of amides is 2. The summed E-state index contributed by atoms with van der Waals surface area (Å²) in [7, 11) is 0. The Balaban J connectivity index is 2.19. The number of hydrogen-bond donors (Lipinski definition) is 4. The molecule has 17 heavy (non-hydrogen) atoms. The van der Waals surface area contributed by atoms with E-state index in [1.54, 1.807) is 11.8 Å². The Morgan fingerprint density at radius 3 is 2.71 bits per heavy atom. The molecule has 0 aliphatic heterocycles. The van der Waals surface area contributed by atoms with Crippen molar-refractivity contribution in [1.29, 1.82) is 0 Å². The average Bonchev–Trinajstić information content (AvgIpc) is 2.73. The number of carbonyl (C=O) groups excluding carboxylic acids is 1. The highest BCUT2D eigenvalue weighted by Crippen LogP contribution is 2.27. The van der Waals surface area contributed by atoms with E-state index in [2.05, 4.69) is 16.9 Å². The lowest BCUT2D eigenvalue weighted by Gasteiger charge is -2.14. The molecule has 1 aliphatic rings. The van der Waals surface area contributed by atoms with Gasteiger partial charge in [0.15, 0.2) is 6.10 Å². The lowest BCUT2D eigenvalue weighted by Crippen LogP contribution is -2.45. The number of carboxylic acids is 1. The zero-order chi connectivity index (χ0) is 12.8. The van der Waals surface area contributed by atoms with Gasteiger partial charge in [-0.3, -0.25) is 0 Å². The Hall–Kier alpha value is -0.950. The number of urea groups is 1. The summed E-state index contributed by atoms with van der Waals surface area (Å²) in [5.74, 6) is -1.34. The highest BCUT2D eigenvalue weighted by molar-refractivity contribution is 7.99. The summed E-state index contributed by atoms with van der Waals surface area (Å²) in [5, 5.41) is 23.1. The van der Waals surface area contributed by atoms with Gasteiger partial charge < -0.3 is 20.8 Å². The summed E-state index contributed by atoms with van der Waals surface area (Å²) >= 11 is 1.80. The standard InChI is InChI=1S/C10H18N2O4S/c1-17-7-3-2-6(4-7)12-10(16)11-5-8(13)9(14)15/h6-8,13H,2-5H2,1H3,(H,14,15)(H2,11,12,16)/t6?,7?,8-/m0/s1. The van der Waals surface area contributed by atoms with Gasteiger partial charge in [-0.15, -0.1) is 0 Å². The van der Waals surface area contributed by atoms with Crippen LogP contribution >= 0.6 is 11.8 Å². The summed E-state index contributed by atoms with van der Waals surface area (Å²) in [6.07, 6.45) is 3.47. The van der Waals surface area contributed by atoms with E-state index >= 15 is 0 Å². The molecule has 1 rings (SSSR count). The van der Waals surface area contributed by atoms with Gasteiger partial charge in [-0.1, -0.05) is 0 Å². The molecular formula is C10H18N2O4S. The summed E-state index contributed by atoms with van der Waals surface area (Å²) in [6, 6.07) is -0.272. The highest BCUT2D eigenvalue weighted by Gasteiger charge is 2.25. The molecule has 0 radical (unpaired) electrons. The maximum absolute atomic E-state index is 11.4. The molecule has 1 fully saturated rings. The number of thioether (sulfide) groups is 1. The van der Waals surface area contributed by atoms with Gasteiger partial charge in [-0.05, 0) is 25.5 Å². The minimum atomic E-state index is -1.55. The van der Waals surface area contributed by atoms with E-state index in [1.807, 2.05) is 0 Å². The number of carboxylic acid groups (broad SMARTS) is 1. The summed E-state index contributed by atoms with van der Waals surface area (Å²) in [4.78, 5) is 21.7. The van der Waals surface area contributed by atoms with Gasteiger partial charge in [-0.2, -0.15) is 11.8 Å². The number of hydrogen-bond acceptors (Lipinski definition) is 4. The van der Waals surface area contributed by atoms with Gasteiger partial charge in [-0.25, -0.2) is 9.59 Å². The van der Waals surface area contributed by atoms with Crippen molar-refractivity contribution in [3.05, 3.63) is 0 Å². The second kappa shape index (κ2) is 6.70. The molecule has 6 nitrogen and oxygen atoms in total. The van der Waals surface area contributed by atoms with Crippen LogP contribution in [0.2, 0.25) is 0 Å². The zero-order valence-electron chi connectivity index (χ0n) is 9.68. The van der Waals surface area contributed by atoms with E-state index in [0.717, 1.165) is 19.3 Å². The second-order valence-corrected chi connectivity index (χ2v) is 5.21. The maximum atomic E-state index is 11.4. The van der Waals surface area contributed by atoms with Gasteiger partial charge in [0.1, 0.15) is 0 Å². The van der Waals surface area contributed by atoms with E-state index in [4.69, 9.17) is 10.2 Å². The second-order valence-electron chi connectivity index (χ2n) is 4.08. The average molecular weight is 262 g/mol. The Bertz CT molecular complexity index is 287. The third-order valence-corrected chi connectivity index (χ3v) is 3.89. The fourth-order valence-corrected chi connectivity index (χ4v) is 2.59. The maximum Gasteiger partial charge on any atom is 0.334 e. The number of aliphatic hydroxyl groups is 1. The zero-order valence-corrected chi connectivity index (χ0v) is 10.5. The van der Waals surface area contributed by atoms with Gasteiger partial charge in [0, 0.05) is 11.3 Å². The third-order valence-electron chi connectivity index (χ3n) is 2.79. The number of carbonyl (C=O) groups is 2. The largest absolute Gasteiger partial charge is 0.479 e. The molecule has 3 atom stereocenters. The van der Waals surface area contributed by atoms with Crippen LogP contribution in [0.15, 0.2) is 0 Å². The molecule has 2 amide bonds. The molecular weight excluding hydrogens is 244 g/mol. The normalized spacial score (nSPS) is 25.3. The van der Waals surface area contributed by atoms with Crippen molar-refractivity contribution in [2.24, 2.45) is 0 Å². The van der Waals surface area contributed by atoms with E-state index < -0.39 is 18.1 Å². The van der Waals surface area contributed by atoms with Crippen LogP contribution in [0.1, 0.15) is 19.3 Å². The first kappa shape index (κ1) is 14.1. The van der Waals surface area contributed by atoms with Gasteiger partial charge in [0.2, 0.25) is 0 Å². The molecule has 1 aliphatic carbocycles. The van der Waals surface area contributed by atoms with Crippen molar-refractivity contribution in [2.45, 2.75) is 36.7 Å². The Kier molecular flexibility index (Phi) is 5.57. The predicted molar refractivity (Wildman–Crippen MR) is 65.1 cm³/mol. The minimum Gasteiger partial charge on any atom is -0.479 e. The van der Waals surface area contributed by atoms with Crippen LogP contribution in [0.5, 0.6) is 0 Å². The van der Waals surface area contributed by atoms with E-state index in [0.29, 0.717) is 5.25 Å². The first-order chi connectivity index (χ1) is 8.02. The molecule has 0 saturated heterocycles. The van der Waals surface area contributed by atoms with Crippen molar-refractivity contribution in [3.63, 3.8) is 0 Å². The van der Waals surface area contributed by atoms with Crippen molar-refractivity contribution >= 4 is 23.8 Å². The van der Waals surface area contributed by atoms with E-state index in [1.165, 1.54) is 0 Å². The molecule has 7 heteroatoms. The van der Waals surface area contributed by atoms with Crippen LogP contribution < -0.4 is 10.6 Å². The summed E-state index contributed by atoms with van der Waals surface area (Å²) in [5.41, 5.74) is 0. The number of nitrogens with one attached hydrogen (secondary N) is 2. The third kappa shape index (κ3) is 4.82. The molecule has 98 valence electrons. The van der Waals surface area contributed by atoms with Crippen LogP contribution in [0.25, 0.3) is 0 Å². The van der Waals surface area contributed by atoms with E-state index in [-0.39, 0.29) is 12.6 Å². The van der Waals surface area contributed by atoms with Gasteiger partial charge in [0.25, 0.3) is 0 Å². The Labute approximate surface area is 104 Å². The molecule has 0 aromatic carbocycles. The number of aliphatic hydroxyl groups excluding tert-OH is 1. The summed E-state index contributed by atoms with van der Waals surface area (Å²) in [6.45, 7) is -0.278. The van der Waals surface area contributed by atoms with Crippen molar-refractivity contribution in [2.75, 3.05) is 12.8 Å². The topological polar surface area (TPSA) is 98.7 Å². The van der Waals surface area contributed by atoms with Crippen molar-refractivity contribution in [3.8, 4) is 0 Å². The number of aliphatic carboxylic acids is 1. The predicted octanol–water partition coefficient (Wildman–Crippen LogP) is 0.0152. The van der Waals surface area contributed by atoms with Crippen LogP contribution in [-0.4, -0.2) is 52.4 Å². The van der Waals surface area contributed by atoms with Gasteiger partial charge in [0.05, 0.1) is 6.54 Å². The lowest BCUT2D eigenvalue weighted by molar-refractivity contribution is -0.146. The quantitative estimate of drug-likeness (QED) is 0.559. The Morgan fingerprint density at radius 2 is 2.18 bits per heavy atom. The molecule has 0 aromatic heterocycles. The molecule has 0 heterocycles. The molecule has 1 saturated carbocycles. The highest BCUT2D eigenvalue weighted by atomic mass is 32.2. The van der Waals surface area contributed by atoms with Crippen molar-refractivity contribution < 1.29 is 19.8 Å². The van der Waals surface area contributed by atoms with Gasteiger partial charge >= 0.3 is 12.0 Å². The lowest BCUT2D eigenvalue weighted by atomic mass is 10.2. The van der Waals surface area contributed by atoms with Crippen LogP contribution in [-0.2, 0) is 4.79 Å². The SMILES string of the molecule is CSC1CCC(NC(=O)NC[C@H](O)C(=O)O)C1. The molecule has 0 bridgehead atoms. The first-order valence-electron chi connectivity index (χ1n) is 5.51. The van der Waals surface area contributed by atoms with E-state index in [9.17, 15) is 9.59 Å². The fraction of sp³-hybridized carbons (Fsp3) is 0.800.